The van der Waals surface area contributed by atoms with Crippen molar-refractivity contribution in [1.29, 1.82) is 0 Å². The Morgan fingerprint density at radius 1 is 1.04 bits per heavy atom. The van der Waals surface area contributed by atoms with Gasteiger partial charge in [-0.05, 0) is 6.08 Å². The predicted octanol–water partition coefficient (Wildman–Crippen LogP) is 3.26. The van der Waals surface area contributed by atoms with Gasteiger partial charge in [-0.15, -0.1) is 0 Å². The van der Waals surface area contributed by atoms with E-state index < -0.39 is 0 Å². The summed E-state index contributed by atoms with van der Waals surface area (Å²) in [5.41, 5.74) is 8.82. The Morgan fingerprint density at radius 2 is 1.65 bits per heavy atom. The van der Waals surface area contributed by atoms with Crippen LogP contribution >= 0.6 is 0 Å². The molecule has 1 aliphatic heterocycles. The molecule has 5 N–H and O–H groups in total. The molecule has 0 atom stereocenters. The highest BCUT2D eigenvalue weighted by atomic mass is 15.2. The molecule has 23 heavy (non-hydrogen) atoms. The highest BCUT2D eigenvalue weighted by Gasteiger charge is 2.20. The van der Waals surface area contributed by atoms with Crippen LogP contribution in [0.4, 0.5) is 0 Å². The molecular formula is C19H26N4. The molecule has 0 aliphatic carbocycles. The van der Waals surface area contributed by atoms with Crippen LogP contribution in [0.3, 0.4) is 0 Å². The Bertz CT molecular complexity index is 666. The van der Waals surface area contributed by atoms with Gasteiger partial charge in [0.25, 0.3) is 0 Å². The van der Waals surface area contributed by atoms with Gasteiger partial charge in [0.1, 0.15) is 0 Å². The summed E-state index contributed by atoms with van der Waals surface area (Å²) in [4.78, 5) is 0. The maximum Gasteiger partial charge on any atom is 0.0805 e. The molecule has 4 heteroatoms. The maximum atomic E-state index is 5.77. The average Bonchev–Trinajstić information content (AvgIpc) is 2.61. The molecule has 0 radical (unpaired) electrons. The zero-order valence-corrected chi connectivity index (χ0v) is 14.2. The van der Waals surface area contributed by atoms with E-state index in [4.69, 9.17) is 5.84 Å². The quantitative estimate of drug-likeness (QED) is 0.509. The first kappa shape index (κ1) is 18.3. The summed E-state index contributed by atoms with van der Waals surface area (Å²) in [7, 11) is 1.84. The van der Waals surface area contributed by atoms with Crippen LogP contribution in [0, 0.1) is 0 Å². The number of allylic oxidation sites excluding steroid dienone is 2. The van der Waals surface area contributed by atoms with E-state index in [0.29, 0.717) is 0 Å². The molecule has 0 amide bonds. The zero-order chi connectivity index (χ0) is 17.4. The minimum atomic E-state index is 0.780. The first-order valence-electron chi connectivity index (χ1n) is 7.61. The van der Waals surface area contributed by atoms with Crippen molar-refractivity contribution in [2.75, 3.05) is 7.05 Å². The molecule has 0 unspecified atom stereocenters. The molecule has 0 saturated heterocycles. The first-order valence-corrected chi connectivity index (χ1v) is 7.61. The van der Waals surface area contributed by atoms with Gasteiger partial charge in [-0.25, -0.2) is 0 Å². The maximum absolute atomic E-state index is 5.77. The molecule has 0 aromatic heterocycles. The summed E-state index contributed by atoms with van der Waals surface area (Å²) in [6, 6.07) is 7.92. The smallest absolute Gasteiger partial charge is 0.0805 e. The van der Waals surface area contributed by atoms with E-state index in [-0.39, 0.29) is 0 Å². The van der Waals surface area contributed by atoms with Crippen molar-refractivity contribution in [3.05, 3.63) is 84.2 Å². The molecular weight excluding hydrogens is 284 g/mol. The Labute approximate surface area is 139 Å². The molecule has 1 heterocycles. The zero-order valence-electron chi connectivity index (χ0n) is 14.2. The Kier molecular flexibility index (Phi) is 6.90. The van der Waals surface area contributed by atoms with Crippen LogP contribution < -0.4 is 21.9 Å². The van der Waals surface area contributed by atoms with Gasteiger partial charge in [-0.2, -0.15) is 0 Å². The lowest BCUT2D eigenvalue weighted by Crippen LogP contribution is -2.29. The first-order chi connectivity index (χ1) is 11.2. The van der Waals surface area contributed by atoms with Crippen LogP contribution in [0.15, 0.2) is 73.1 Å². The fourth-order valence-electron chi connectivity index (χ4n) is 2.45. The van der Waals surface area contributed by atoms with Gasteiger partial charge in [0.05, 0.1) is 11.4 Å². The van der Waals surface area contributed by atoms with E-state index in [2.05, 4.69) is 35.8 Å². The average molecular weight is 310 g/mol. The molecule has 0 spiro atoms. The third-order valence-corrected chi connectivity index (χ3v) is 3.42. The van der Waals surface area contributed by atoms with Crippen LogP contribution in [0.2, 0.25) is 0 Å². The third-order valence-electron chi connectivity index (χ3n) is 3.42. The number of hydrazine groups is 1. The summed E-state index contributed by atoms with van der Waals surface area (Å²) >= 11 is 0. The van der Waals surface area contributed by atoms with E-state index in [1.807, 2.05) is 45.2 Å². The number of likely N-dealkylation sites (N-methyl/N-ethyl adjacent to an activating group) is 1. The number of fused-ring (bicyclic) bond motifs is 1. The fourth-order valence-corrected chi connectivity index (χ4v) is 2.45. The summed E-state index contributed by atoms with van der Waals surface area (Å²) < 4.78 is 0. The van der Waals surface area contributed by atoms with Crippen LogP contribution in [0.25, 0.3) is 11.4 Å². The van der Waals surface area contributed by atoms with E-state index in [9.17, 15) is 0 Å². The van der Waals surface area contributed by atoms with Gasteiger partial charge >= 0.3 is 0 Å². The largest absolute Gasteiger partial charge is 0.386 e. The minimum Gasteiger partial charge on any atom is -0.386 e. The lowest BCUT2D eigenvalue weighted by Gasteiger charge is -2.25. The van der Waals surface area contributed by atoms with Gasteiger partial charge in [-0.1, -0.05) is 63.9 Å². The summed E-state index contributed by atoms with van der Waals surface area (Å²) in [6.07, 6.45) is 3.50. The molecule has 1 aromatic carbocycles. The van der Waals surface area contributed by atoms with Gasteiger partial charge in [0.2, 0.25) is 0 Å². The van der Waals surface area contributed by atoms with E-state index in [1.54, 1.807) is 12.2 Å². The molecule has 2 rings (SSSR count). The van der Waals surface area contributed by atoms with Crippen LogP contribution in [-0.4, -0.2) is 7.05 Å². The van der Waals surface area contributed by atoms with Crippen LogP contribution in [-0.2, 0) is 0 Å². The third kappa shape index (κ3) is 3.55. The molecule has 0 bridgehead atoms. The van der Waals surface area contributed by atoms with Crippen LogP contribution in [0.1, 0.15) is 25.0 Å². The van der Waals surface area contributed by atoms with Crippen molar-refractivity contribution >= 4 is 11.4 Å². The summed E-state index contributed by atoms with van der Waals surface area (Å²) in [5.74, 6) is 5.77. The van der Waals surface area contributed by atoms with Crippen molar-refractivity contribution in [3.8, 4) is 0 Å². The summed E-state index contributed by atoms with van der Waals surface area (Å²) in [6.45, 7) is 15.8. The lowest BCUT2D eigenvalue weighted by molar-refractivity contribution is 0.918. The number of hydrogen-bond acceptors (Lipinski definition) is 4. The second-order valence-corrected chi connectivity index (χ2v) is 4.53. The molecule has 1 aromatic rings. The number of nitrogens with two attached hydrogens (primary N) is 1. The number of hydrogen-bond donors (Lipinski definition) is 4. The van der Waals surface area contributed by atoms with Gasteiger partial charge in [0, 0.05) is 35.1 Å². The van der Waals surface area contributed by atoms with Crippen molar-refractivity contribution < 1.29 is 0 Å². The highest BCUT2D eigenvalue weighted by molar-refractivity contribution is 5.83. The number of nitrogens with one attached hydrogen (secondary N) is 3. The Balaban J connectivity index is 0.00000127. The minimum absolute atomic E-state index is 0.780. The Morgan fingerprint density at radius 3 is 2.13 bits per heavy atom. The van der Waals surface area contributed by atoms with Crippen molar-refractivity contribution in [2.45, 2.75) is 13.8 Å². The van der Waals surface area contributed by atoms with Crippen molar-refractivity contribution in [2.24, 2.45) is 5.84 Å². The van der Waals surface area contributed by atoms with Gasteiger partial charge < -0.3 is 16.1 Å². The van der Waals surface area contributed by atoms with E-state index >= 15 is 0 Å². The molecule has 0 fully saturated rings. The second kappa shape index (κ2) is 8.66. The lowest BCUT2D eigenvalue weighted by atomic mass is 9.95. The van der Waals surface area contributed by atoms with Crippen molar-refractivity contribution in [1.82, 2.24) is 16.1 Å². The van der Waals surface area contributed by atoms with E-state index in [0.717, 1.165) is 39.5 Å². The monoisotopic (exact) mass is 310 g/mol. The molecule has 4 nitrogen and oxygen atoms in total. The topological polar surface area (TPSA) is 62.1 Å². The molecule has 1 aliphatic rings. The normalized spacial score (nSPS) is 19.9. The highest BCUT2D eigenvalue weighted by Crippen LogP contribution is 2.30. The van der Waals surface area contributed by atoms with Gasteiger partial charge in [-0.3, -0.25) is 5.84 Å². The summed E-state index contributed by atoms with van der Waals surface area (Å²) in [5, 5.41) is 6.47. The second-order valence-electron chi connectivity index (χ2n) is 4.53. The van der Waals surface area contributed by atoms with Crippen LogP contribution in [0.5, 0.6) is 0 Å². The van der Waals surface area contributed by atoms with Crippen molar-refractivity contribution in [3.63, 3.8) is 0 Å². The molecule has 0 saturated carbocycles. The van der Waals surface area contributed by atoms with Gasteiger partial charge in [0.15, 0.2) is 0 Å². The number of benzene rings is 1. The SMILES string of the molecule is C=C/C1=C(C=C)/C(NC)=C(/NN)c2ccccc2C(=C)N1.CC. The predicted molar refractivity (Wildman–Crippen MR) is 101 cm³/mol. The standard InChI is InChI=1S/C17H20N4.C2H6/c1-5-12-15(6-2)20-11(3)13-9-7-8-10-14(13)17(21-18)16(12)19-4;1-2/h5-10,19-21H,1-3,18H2,4H3;1-2H3/b15-12-,17-16-;. The molecule has 122 valence electrons. The fraction of sp³-hybridized carbons (Fsp3) is 0.158. The Hall–Kier alpha value is -2.72. The number of rotatable bonds is 4. The van der Waals surface area contributed by atoms with E-state index in [1.165, 1.54) is 0 Å².